The normalized spacial score (nSPS) is 17.1. The van der Waals surface area contributed by atoms with Crippen molar-refractivity contribution < 1.29 is 9.53 Å². The summed E-state index contributed by atoms with van der Waals surface area (Å²) >= 11 is 0. The highest BCUT2D eigenvalue weighted by atomic mass is 16.5. The maximum atomic E-state index is 11.7. The van der Waals surface area contributed by atoms with Crippen LogP contribution in [-0.4, -0.2) is 22.4 Å². The van der Waals surface area contributed by atoms with Gasteiger partial charge in [-0.05, 0) is 32.3 Å². The summed E-state index contributed by atoms with van der Waals surface area (Å²) in [7, 11) is 0. The van der Waals surface area contributed by atoms with Gasteiger partial charge in [0.25, 0.3) is 0 Å². The van der Waals surface area contributed by atoms with Gasteiger partial charge in [0.05, 0.1) is 12.3 Å². The molecule has 88 valence electrons. The monoisotopic (exact) mass is 222 g/mol. The first-order valence-electron chi connectivity index (χ1n) is 5.98. The zero-order valence-corrected chi connectivity index (χ0v) is 9.85. The van der Waals surface area contributed by atoms with E-state index in [1.165, 1.54) is 12.8 Å². The van der Waals surface area contributed by atoms with Gasteiger partial charge in [0.15, 0.2) is 0 Å². The van der Waals surface area contributed by atoms with E-state index in [4.69, 9.17) is 4.74 Å². The van der Waals surface area contributed by atoms with Gasteiger partial charge in [-0.1, -0.05) is 6.92 Å². The van der Waals surface area contributed by atoms with Crippen LogP contribution in [0.3, 0.4) is 0 Å². The molecule has 1 heterocycles. The van der Waals surface area contributed by atoms with Gasteiger partial charge in [-0.15, -0.1) is 0 Å². The predicted octanol–water partition coefficient (Wildman–Crippen LogP) is 2.27. The van der Waals surface area contributed by atoms with Crippen LogP contribution in [0.5, 0.6) is 0 Å². The van der Waals surface area contributed by atoms with Crippen molar-refractivity contribution in [3.8, 4) is 0 Å². The summed E-state index contributed by atoms with van der Waals surface area (Å²) in [5.41, 5.74) is 1.11. The van der Waals surface area contributed by atoms with Crippen LogP contribution in [0.1, 0.15) is 50.8 Å². The summed E-state index contributed by atoms with van der Waals surface area (Å²) in [5.74, 6) is 0.441. The molecule has 1 saturated carbocycles. The van der Waals surface area contributed by atoms with E-state index in [-0.39, 0.29) is 12.0 Å². The average molecular weight is 222 g/mol. The van der Waals surface area contributed by atoms with Crippen LogP contribution in [0.25, 0.3) is 0 Å². The van der Waals surface area contributed by atoms with Crippen LogP contribution < -0.4 is 0 Å². The molecule has 16 heavy (non-hydrogen) atoms. The minimum absolute atomic E-state index is 0.185. The number of ether oxygens (including phenoxy) is 1. The molecule has 0 N–H and O–H groups in total. The molecular weight excluding hydrogens is 204 g/mol. The van der Waals surface area contributed by atoms with Gasteiger partial charge in [-0.3, -0.25) is 4.68 Å². The molecule has 0 bridgehead atoms. The van der Waals surface area contributed by atoms with Crippen molar-refractivity contribution in [3.63, 3.8) is 0 Å². The quantitative estimate of drug-likeness (QED) is 0.718. The number of carbonyl (C=O) groups is 1. The molecule has 1 atom stereocenters. The second-order valence-electron chi connectivity index (χ2n) is 4.17. The lowest BCUT2D eigenvalue weighted by Crippen LogP contribution is -2.22. The van der Waals surface area contributed by atoms with E-state index in [1.807, 2.05) is 26.1 Å². The van der Waals surface area contributed by atoms with Gasteiger partial charge in [-0.25, -0.2) is 4.79 Å². The molecule has 1 fully saturated rings. The highest BCUT2D eigenvalue weighted by molar-refractivity contribution is 5.74. The molecule has 1 aliphatic carbocycles. The van der Waals surface area contributed by atoms with Gasteiger partial charge < -0.3 is 4.74 Å². The molecule has 4 nitrogen and oxygen atoms in total. The summed E-state index contributed by atoms with van der Waals surface area (Å²) in [6.07, 6.45) is 5.06. The van der Waals surface area contributed by atoms with Gasteiger partial charge >= 0.3 is 5.97 Å². The number of aromatic nitrogens is 2. The molecule has 0 saturated heterocycles. The summed E-state index contributed by atoms with van der Waals surface area (Å²) in [4.78, 5) is 11.7. The molecule has 0 aromatic carbocycles. The first-order chi connectivity index (χ1) is 7.76. The SMILES string of the molecule is CCOC(=O)C(CC)n1ccc(C2CC2)n1. The molecule has 1 aliphatic rings. The fraction of sp³-hybridized carbons (Fsp3) is 0.667. The van der Waals surface area contributed by atoms with E-state index < -0.39 is 0 Å². The van der Waals surface area contributed by atoms with Crippen molar-refractivity contribution in [1.82, 2.24) is 9.78 Å². The van der Waals surface area contributed by atoms with Crippen LogP contribution in [0.15, 0.2) is 12.3 Å². The third kappa shape index (κ3) is 2.26. The Morgan fingerprint density at radius 2 is 2.38 bits per heavy atom. The van der Waals surface area contributed by atoms with Crippen LogP contribution in [-0.2, 0) is 9.53 Å². The molecule has 2 rings (SSSR count). The maximum absolute atomic E-state index is 11.7. The number of hydrogen-bond donors (Lipinski definition) is 0. The van der Waals surface area contributed by atoms with Crippen LogP contribution in [0.2, 0.25) is 0 Å². The molecule has 0 spiro atoms. The minimum Gasteiger partial charge on any atom is -0.464 e. The number of carbonyl (C=O) groups excluding carboxylic acids is 1. The zero-order valence-electron chi connectivity index (χ0n) is 9.85. The van der Waals surface area contributed by atoms with Crippen molar-refractivity contribution in [3.05, 3.63) is 18.0 Å². The van der Waals surface area contributed by atoms with Gasteiger partial charge in [0.1, 0.15) is 6.04 Å². The van der Waals surface area contributed by atoms with Crippen molar-refractivity contribution >= 4 is 5.97 Å². The minimum atomic E-state index is -0.271. The fourth-order valence-corrected chi connectivity index (χ4v) is 1.82. The average Bonchev–Trinajstić information content (AvgIpc) is 3.01. The largest absolute Gasteiger partial charge is 0.464 e. The maximum Gasteiger partial charge on any atom is 0.330 e. The van der Waals surface area contributed by atoms with Crippen LogP contribution in [0.4, 0.5) is 0 Å². The lowest BCUT2D eigenvalue weighted by molar-refractivity contribution is -0.147. The van der Waals surface area contributed by atoms with Crippen molar-refractivity contribution in [1.29, 1.82) is 0 Å². The topological polar surface area (TPSA) is 44.1 Å². The Labute approximate surface area is 95.6 Å². The fourth-order valence-electron chi connectivity index (χ4n) is 1.82. The number of rotatable bonds is 5. The molecule has 0 aliphatic heterocycles. The molecule has 0 amide bonds. The van der Waals surface area contributed by atoms with Gasteiger partial charge in [0.2, 0.25) is 0 Å². The third-order valence-corrected chi connectivity index (χ3v) is 2.89. The van der Waals surface area contributed by atoms with Crippen molar-refractivity contribution in [2.75, 3.05) is 6.61 Å². The van der Waals surface area contributed by atoms with E-state index >= 15 is 0 Å². The Bertz CT molecular complexity index is 369. The smallest absolute Gasteiger partial charge is 0.330 e. The highest BCUT2D eigenvalue weighted by Crippen LogP contribution is 2.39. The van der Waals surface area contributed by atoms with Crippen LogP contribution in [0, 0.1) is 0 Å². The van der Waals surface area contributed by atoms with Crippen molar-refractivity contribution in [2.45, 2.75) is 45.1 Å². The highest BCUT2D eigenvalue weighted by Gasteiger charge is 2.27. The Balaban J connectivity index is 2.09. The van der Waals surface area contributed by atoms with Gasteiger partial charge in [0, 0.05) is 12.1 Å². The number of hydrogen-bond acceptors (Lipinski definition) is 3. The van der Waals surface area contributed by atoms with E-state index in [9.17, 15) is 4.79 Å². The second kappa shape index (κ2) is 4.68. The van der Waals surface area contributed by atoms with E-state index in [0.29, 0.717) is 18.9 Å². The third-order valence-electron chi connectivity index (χ3n) is 2.89. The first-order valence-corrected chi connectivity index (χ1v) is 5.98. The lowest BCUT2D eigenvalue weighted by Gasteiger charge is -2.13. The lowest BCUT2D eigenvalue weighted by atomic mass is 10.2. The number of nitrogens with zero attached hydrogens (tertiary/aromatic N) is 2. The molecule has 4 heteroatoms. The Morgan fingerprint density at radius 3 is 2.94 bits per heavy atom. The standard InChI is InChI=1S/C12H18N2O2/c1-3-11(12(15)16-4-2)14-8-7-10(13-14)9-5-6-9/h7-9,11H,3-6H2,1-2H3. The second-order valence-corrected chi connectivity index (χ2v) is 4.17. The Kier molecular flexibility index (Phi) is 3.27. The zero-order chi connectivity index (χ0) is 11.5. The first kappa shape index (κ1) is 11.2. The summed E-state index contributed by atoms with van der Waals surface area (Å²) in [5, 5.41) is 4.46. The van der Waals surface area contributed by atoms with Crippen molar-refractivity contribution in [2.24, 2.45) is 0 Å². The molecule has 1 aromatic heterocycles. The molecule has 0 radical (unpaired) electrons. The summed E-state index contributed by atoms with van der Waals surface area (Å²) in [6, 6.07) is 1.74. The molecule has 1 unspecified atom stereocenters. The molecular formula is C12H18N2O2. The summed E-state index contributed by atoms with van der Waals surface area (Å²) in [6.45, 7) is 4.22. The Hall–Kier alpha value is -1.32. The predicted molar refractivity (Wildman–Crippen MR) is 60.2 cm³/mol. The van der Waals surface area contributed by atoms with E-state index in [0.717, 1.165) is 5.69 Å². The van der Waals surface area contributed by atoms with E-state index in [1.54, 1.807) is 4.68 Å². The summed E-state index contributed by atoms with van der Waals surface area (Å²) < 4.78 is 6.78. The van der Waals surface area contributed by atoms with Crippen LogP contribution >= 0.6 is 0 Å². The van der Waals surface area contributed by atoms with E-state index in [2.05, 4.69) is 5.10 Å². The van der Waals surface area contributed by atoms with Gasteiger partial charge in [-0.2, -0.15) is 5.10 Å². The Morgan fingerprint density at radius 1 is 1.62 bits per heavy atom. The number of esters is 1. The molecule has 1 aromatic rings.